The fourth-order valence-corrected chi connectivity index (χ4v) is 7.36. The molecular weight excluding hydrogens is 667 g/mol. The molecule has 0 radical (unpaired) electrons. The first kappa shape index (κ1) is 37.5. The summed E-state index contributed by atoms with van der Waals surface area (Å²) in [4.78, 5) is 57.7. The molecule has 2 heterocycles. The van der Waals surface area contributed by atoms with Crippen LogP contribution < -0.4 is 16.0 Å². The number of hydrogen-bond donors (Lipinski definition) is 3. The van der Waals surface area contributed by atoms with Gasteiger partial charge in [0.2, 0.25) is 17.7 Å². The number of rotatable bonds is 14. The van der Waals surface area contributed by atoms with E-state index in [1.165, 1.54) is 16.7 Å². The molecule has 6 rings (SSSR count). The first-order valence-corrected chi connectivity index (χ1v) is 18.8. The summed E-state index contributed by atoms with van der Waals surface area (Å²) in [6.07, 6.45) is 3.66. The number of nitrogens with zero attached hydrogens (tertiary/aromatic N) is 4. The smallest absolute Gasteiger partial charge is 0.270 e. The van der Waals surface area contributed by atoms with E-state index in [4.69, 9.17) is 0 Å². The van der Waals surface area contributed by atoms with E-state index < -0.39 is 12.1 Å². The highest BCUT2D eigenvalue weighted by atomic mass is 16.2. The van der Waals surface area contributed by atoms with Crippen LogP contribution in [-0.2, 0) is 46.7 Å². The second kappa shape index (κ2) is 17.5. The van der Waals surface area contributed by atoms with Gasteiger partial charge >= 0.3 is 0 Å². The molecule has 0 bridgehead atoms. The second-order valence-corrected chi connectivity index (χ2v) is 14.4. The lowest BCUT2D eigenvalue weighted by Crippen LogP contribution is -2.55. The third kappa shape index (κ3) is 9.58. The normalized spacial score (nSPS) is 15.8. The van der Waals surface area contributed by atoms with Crippen molar-refractivity contribution in [3.63, 3.8) is 0 Å². The molecule has 1 aromatic heterocycles. The first-order valence-electron chi connectivity index (χ1n) is 18.8. The van der Waals surface area contributed by atoms with Gasteiger partial charge in [-0.3, -0.25) is 28.8 Å². The Morgan fingerprint density at radius 1 is 0.774 bits per heavy atom. The number of benzene rings is 3. The number of piperazine rings is 1. The van der Waals surface area contributed by atoms with Gasteiger partial charge in [0.1, 0.15) is 17.8 Å². The van der Waals surface area contributed by atoms with E-state index in [2.05, 4.69) is 50.2 Å². The molecule has 53 heavy (non-hydrogen) atoms. The molecule has 11 heteroatoms. The van der Waals surface area contributed by atoms with Crippen LogP contribution in [0.3, 0.4) is 0 Å². The molecule has 2 aliphatic rings. The standard InChI is InChI=1S/C42H51N7O4/c1-4-38(50)45-36(42(53)48-22-20-47(21-23-48)28-32-10-6-5-7-11-32)24-30-14-16-31(17-15-30)27-43-41(52)39(35-25-33-12-8-9-13-34(33)26-35)46-40(51)37-18-19-44-49(37)29(2)3/h5-19,29,35-36,39H,4,20-28H2,1-3H3,(H,43,52)(H,45,50)(H,46,51). The van der Waals surface area contributed by atoms with Crippen LogP contribution in [0.5, 0.6) is 0 Å². The Balaban J connectivity index is 1.07. The van der Waals surface area contributed by atoms with Crippen LogP contribution in [0, 0.1) is 5.92 Å². The van der Waals surface area contributed by atoms with E-state index >= 15 is 0 Å². The van der Waals surface area contributed by atoms with Gasteiger partial charge in [-0.1, -0.05) is 85.8 Å². The monoisotopic (exact) mass is 717 g/mol. The Hall–Kier alpha value is -5.29. The maximum absolute atomic E-state index is 13.8. The van der Waals surface area contributed by atoms with Crippen molar-refractivity contribution in [3.05, 3.63) is 125 Å². The summed E-state index contributed by atoms with van der Waals surface area (Å²) >= 11 is 0. The van der Waals surface area contributed by atoms with E-state index in [-0.39, 0.29) is 42.1 Å². The molecule has 1 fully saturated rings. The van der Waals surface area contributed by atoms with Crippen molar-refractivity contribution >= 4 is 23.6 Å². The van der Waals surface area contributed by atoms with Crippen molar-refractivity contribution in [2.24, 2.45) is 5.92 Å². The SMILES string of the molecule is CCC(=O)NC(Cc1ccc(CNC(=O)C(NC(=O)c2ccnn2C(C)C)C2Cc3ccccc3C2)cc1)C(=O)N1CCN(Cc2ccccc2)CC1. The lowest BCUT2D eigenvalue weighted by Gasteiger charge is -2.36. The number of nitrogens with one attached hydrogen (secondary N) is 3. The van der Waals surface area contributed by atoms with Crippen molar-refractivity contribution in [3.8, 4) is 0 Å². The van der Waals surface area contributed by atoms with Crippen LogP contribution >= 0.6 is 0 Å². The molecule has 4 aromatic rings. The number of amides is 4. The highest BCUT2D eigenvalue weighted by Crippen LogP contribution is 2.29. The summed E-state index contributed by atoms with van der Waals surface area (Å²) in [5, 5.41) is 13.4. The van der Waals surface area contributed by atoms with Crippen LogP contribution in [0.25, 0.3) is 0 Å². The zero-order valence-corrected chi connectivity index (χ0v) is 31.0. The average molecular weight is 718 g/mol. The highest BCUT2D eigenvalue weighted by molar-refractivity contribution is 5.96. The third-order valence-electron chi connectivity index (χ3n) is 10.3. The summed E-state index contributed by atoms with van der Waals surface area (Å²) in [7, 11) is 0. The molecule has 1 aliphatic heterocycles. The summed E-state index contributed by atoms with van der Waals surface area (Å²) in [6.45, 7) is 9.59. The Morgan fingerprint density at radius 3 is 2.06 bits per heavy atom. The minimum atomic E-state index is -0.737. The van der Waals surface area contributed by atoms with Crippen molar-refractivity contribution in [1.82, 2.24) is 35.5 Å². The Morgan fingerprint density at radius 2 is 1.42 bits per heavy atom. The average Bonchev–Trinajstić information content (AvgIpc) is 3.85. The minimum absolute atomic E-state index is 0.00561. The Kier molecular flexibility index (Phi) is 12.4. The quantitative estimate of drug-likeness (QED) is 0.181. The molecule has 1 aliphatic carbocycles. The van der Waals surface area contributed by atoms with Crippen LogP contribution in [-0.4, -0.2) is 81.5 Å². The van der Waals surface area contributed by atoms with Gasteiger partial charge < -0.3 is 20.9 Å². The van der Waals surface area contributed by atoms with Crippen molar-refractivity contribution < 1.29 is 19.2 Å². The van der Waals surface area contributed by atoms with E-state index in [0.29, 0.717) is 44.5 Å². The van der Waals surface area contributed by atoms with Gasteiger partial charge in [-0.15, -0.1) is 0 Å². The maximum atomic E-state index is 13.8. The van der Waals surface area contributed by atoms with Crippen molar-refractivity contribution in [1.29, 1.82) is 0 Å². The first-order chi connectivity index (χ1) is 25.7. The summed E-state index contributed by atoms with van der Waals surface area (Å²) in [5.41, 5.74) is 5.86. The predicted molar refractivity (Wildman–Crippen MR) is 204 cm³/mol. The second-order valence-electron chi connectivity index (χ2n) is 14.4. The summed E-state index contributed by atoms with van der Waals surface area (Å²) in [5.74, 6) is -0.890. The molecule has 4 amide bonds. The molecule has 3 N–H and O–H groups in total. The number of carbonyl (C=O) groups excluding carboxylic acids is 4. The van der Waals surface area contributed by atoms with E-state index in [9.17, 15) is 19.2 Å². The number of carbonyl (C=O) groups is 4. The van der Waals surface area contributed by atoms with Crippen LogP contribution in [0.2, 0.25) is 0 Å². The van der Waals surface area contributed by atoms with Gasteiger partial charge in [0.25, 0.3) is 5.91 Å². The lowest BCUT2D eigenvalue weighted by atomic mass is 9.95. The van der Waals surface area contributed by atoms with E-state index in [1.807, 2.05) is 73.3 Å². The van der Waals surface area contributed by atoms with Gasteiger partial charge in [0.15, 0.2) is 0 Å². The molecule has 278 valence electrons. The lowest BCUT2D eigenvalue weighted by molar-refractivity contribution is -0.138. The van der Waals surface area contributed by atoms with Gasteiger partial charge in [-0.2, -0.15) is 5.10 Å². The third-order valence-corrected chi connectivity index (χ3v) is 10.3. The molecule has 11 nitrogen and oxygen atoms in total. The molecule has 3 aromatic carbocycles. The van der Waals surface area contributed by atoms with Gasteiger partial charge in [0.05, 0.1) is 0 Å². The van der Waals surface area contributed by atoms with Gasteiger partial charge in [-0.25, -0.2) is 0 Å². The molecule has 2 unspecified atom stereocenters. The topological polar surface area (TPSA) is 129 Å². The Bertz CT molecular complexity index is 1840. The molecule has 2 atom stereocenters. The van der Waals surface area contributed by atoms with Gasteiger partial charge in [-0.05, 0) is 66.5 Å². The predicted octanol–water partition coefficient (Wildman–Crippen LogP) is 4.08. The molecule has 1 saturated heterocycles. The van der Waals surface area contributed by atoms with Crippen LogP contribution in [0.4, 0.5) is 0 Å². The summed E-state index contributed by atoms with van der Waals surface area (Å²) < 4.78 is 1.66. The Labute approximate surface area is 312 Å². The van der Waals surface area contributed by atoms with Crippen LogP contribution in [0.15, 0.2) is 91.1 Å². The van der Waals surface area contributed by atoms with Gasteiger partial charge in [0, 0.05) is 64.3 Å². The zero-order valence-electron chi connectivity index (χ0n) is 31.0. The van der Waals surface area contributed by atoms with Crippen molar-refractivity contribution in [2.45, 2.75) is 77.7 Å². The largest absolute Gasteiger partial charge is 0.350 e. The number of aromatic nitrogens is 2. The number of fused-ring (bicyclic) bond motifs is 1. The molecule has 0 saturated carbocycles. The fraction of sp³-hybridized carbons (Fsp3) is 0.405. The zero-order chi connectivity index (χ0) is 37.3. The fourth-order valence-electron chi connectivity index (χ4n) is 7.36. The van der Waals surface area contributed by atoms with E-state index in [0.717, 1.165) is 30.8 Å². The molecule has 0 spiro atoms. The minimum Gasteiger partial charge on any atom is -0.350 e. The highest BCUT2D eigenvalue weighted by Gasteiger charge is 2.35. The van der Waals surface area contributed by atoms with Crippen molar-refractivity contribution in [2.75, 3.05) is 26.2 Å². The molecular formula is C42H51N7O4. The van der Waals surface area contributed by atoms with Crippen LogP contribution in [0.1, 0.15) is 71.5 Å². The van der Waals surface area contributed by atoms with E-state index in [1.54, 1.807) is 23.9 Å². The maximum Gasteiger partial charge on any atom is 0.270 e. The number of hydrogen-bond acceptors (Lipinski definition) is 6. The summed E-state index contributed by atoms with van der Waals surface area (Å²) in [6, 6.07) is 26.5.